The molecule has 1 aliphatic rings. The number of rotatable bonds is 2. The number of likely N-dealkylation sites (tertiary alicyclic amines) is 1. The van der Waals surface area contributed by atoms with Crippen molar-refractivity contribution in [3.05, 3.63) is 35.9 Å². The summed E-state index contributed by atoms with van der Waals surface area (Å²) < 4.78 is 0. The van der Waals surface area contributed by atoms with Gasteiger partial charge in [0.25, 0.3) is 0 Å². The smallest absolute Gasteiger partial charge is 0.245 e. The van der Waals surface area contributed by atoms with Gasteiger partial charge in [0.1, 0.15) is 5.38 Å². The van der Waals surface area contributed by atoms with Crippen LogP contribution >= 0.6 is 11.6 Å². The number of alkyl halides is 1. The molecule has 1 unspecified atom stereocenters. The number of benzene rings is 1. The van der Waals surface area contributed by atoms with Crippen LogP contribution in [-0.4, -0.2) is 23.9 Å². The highest BCUT2D eigenvalue weighted by atomic mass is 35.5. The minimum atomic E-state index is -0.549. The zero-order valence-corrected chi connectivity index (χ0v) is 11.8. The molecule has 1 aromatic carbocycles. The molecule has 1 aliphatic heterocycles. The molecule has 2 nitrogen and oxygen atoms in total. The normalized spacial score (nSPS) is 20.5. The molecule has 18 heavy (non-hydrogen) atoms. The number of amides is 1. The Morgan fingerprint density at radius 1 is 1.22 bits per heavy atom. The van der Waals surface area contributed by atoms with E-state index in [1.54, 1.807) is 0 Å². The Bertz CT molecular complexity index is 406. The minimum absolute atomic E-state index is 0.0402. The maximum absolute atomic E-state index is 12.3. The minimum Gasteiger partial charge on any atom is -0.341 e. The second kappa shape index (κ2) is 5.31. The van der Waals surface area contributed by atoms with Crippen molar-refractivity contribution in [2.45, 2.75) is 32.1 Å². The number of carbonyl (C=O) groups excluding carboxylic acids is 1. The van der Waals surface area contributed by atoms with Crippen molar-refractivity contribution in [2.24, 2.45) is 5.41 Å². The maximum Gasteiger partial charge on any atom is 0.245 e. The van der Waals surface area contributed by atoms with Crippen molar-refractivity contribution in [3.8, 4) is 0 Å². The lowest BCUT2D eigenvalue weighted by Crippen LogP contribution is -2.42. The lowest BCUT2D eigenvalue weighted by atomic mass is 9.82. The SMILES string of the molecule is CC1(C)CCN(C(=O)C(Cl)c2ccccc2)CC1. The van der Waals surface area contributed by atoms with E-state index < -0.39 is 5.38 Å². The molecule has 0 radical (unpaired) electrons. The van der Waals surface area contributed by atoms with Gasteiger partial charge in [-0.2, -0.15) is 0 Å². The summed E-state index contributed by atoms with van der Waals surface area (Å²) in [5.74, 6) is 0.0402. The van der Waals surface area contributed by atoms with Crippen LogP contribution in [0.1, 0.15) is 37.6 Å². The fraction of sp³-hybridized carbons (Fsp3) is 0.533. The van der Waals surface area contributed by atoms with Gasteiger partial charge in [-0.3, -0.25) is 4.79 Å². The molecule has 1 heterocycles. The standard InChI is InChI=1S/C15H20ClNO/c1-15(2)8-10-17(11-9-15)14(18)13(16)12-6-4-3-5-7-12/h3-7,13H,8-11H2,1-2H3. The van der Waals surface area contributed by atoms with Crippen LogP contribution in [0.4, 0.5) is 0 Å². The molecule has 1 amide bonds. The van der Waals surface area contributed by atoms with Gasteiger partial charge >= 0.3 is 0 Å². The molecule has 0 aromatic heterocycles. The first-order chi connectivity index (χ1) is 8.49. The Morgan fingerprint density at radius 3 is 2.33 bits per heavy atom. The van der Waals surface area contributed by atoms with Crippen LogP contribution in [0, 0.1) is 5.41 Å². The zero-order chi connectivity index (χ0) is 13.2. The Labute approximate surface area is 114 Å². The summed E-state index contributed by atoms with van der Waals surface area (Å²) in [6, 6.07) is 9.57. The van der Waals surface area contributed by atoms with Gasteiger partial charge in [0.15, 0.2) is 0 Å². The van der Waals surface area contributed by atoms with E-state index in [1.165, 1.54) is 0 Å². The zero-order valence-electron chi connectivity index (χ0n) is 11.0. The van der Waals surface area contributed by atoms with Crippen LogP contribution < -0.4 is 0 Å². The predicted octanol–water partition coefficient (Wildman–Crippen LogP) is 3.62. The van der Waals surface area contributed by atoms with E-state index in [0.29, 0.717) is 5.41 Å². The highest BCUT2D eigenvalue weighted by Crippen LogP contribution is 2.32. The van der Waals surface area contributed by atoms with E-state index in [0.717, 1.165) is 31.5 Å². The van der Waals surface area contributed by atoms with Gasteiger partial charge in [-0.05, 0) is 23.8 Å². The van der Waals surface area contributed by atoms with Gasteiger partial charge < -0.3 is 4.90 Å². The molecule has 3 heteroatoms. The highest BCUT2D eigenvalue weighted by Gasteiger charge is 2.30. The predicted molar refractivity (Wildman–Crippen MR) is 74.6 cm³/mol. The number of carbonyl (C=O) groups is 1. The number of nitrogens with zero attached hydrogens (tertiary/aromatic N) is 1. The number of halogens is 1. The molecule has 0 bridgehead atoms. The third-order valence-electron chi connectivity index (χ3n) is 3.74. The molecule has 1 saturated heterocycles. The summed E-state index contributed by atoms with van der Waals surface area (Å²) in [6.45, 7) is 6.15. The van der Waals surface area contributed by atoms with Gasteiger partial charge in [-0.1, -0.05) is 44.2 Å². The number of hydrogen-bond acceptors (Lipinski definition) is 1. The van der Waals surface area contributed by atoms with Gasteiger partial charge in [0.05, 0.1) is 0 Å². The number of piperidine rings is 1. The van der Waals surface area contributed by atoms with Gasteiger partial charge in [-0.15, -0.1) is 11.6 Å². The molecule has 1 atom stereocenters. The fourth-order valence-corrected chi connectivity index (χ4v) is 2.54. The summed E-state index contributed by atoms with van der Waals surface area (Å²) >= 11 is 6.27. The molecular weight excluding hydrogens is 246 g/mol. The van der Waals surface area contributed by atoms with Crippen molar-refractivity contribution >= 4 is 17.5 Å². The van der Waals surface area contributed by atoms with E-state index in [9.17, 15) is 4.79 Å². The Kier molecular flexibility index (Phi) is 3.96. The van der Waals surface area contributed by atoms with E-state index in [1.807, 2.05) is 35.2 Å². The second-order valence-electron chi connectivity index (χ2n) is 5.76. The third kappa shape index (κ3) is 3.05. The lowest BCUT2D eigenvalue weighted by Gasteiger charge is -2.37. The van der Waals surface area contributed by atoms with Crippen LogP contribution in [0.3, 0.4) is 0 Å². The van der Waals surface area contributed by atoms with E-state index in [2.05, 4.69) is 13.8 Å². The second-order valence-corrected chi connectivity index (χ2v) is 6.20. The van der Waals surface area contributed by atoms with E-state index in [4.69, 9.17) is 11.6 Å². The first kappa shape index (κ1) is 13.4. The van der Waals surface area contributed by atoms with Crippen LogP contribution in [0.2, 0.25) is 0 Å². The summed E-state index contributed by atoms with van der Waals surface area (Å²) in [7, 11) is 0. The molecule has 2 rings (SSSR count). The first-order valence-corrected chi connectivity index (χ1v) is 6.91. The van der Waals surface area contributed by atoms with Crippen molar-refractivity contribution in [2.75, 3.05) is 13.1 Å². The summed E-state index contributed by atoms with van der Waals surface area (Å²) in [5.41, 5.74) is 1.24. The van der Waals surface area contributed by atoms with Crippen LogP contribution in [-0.2, 0) is 4.79 Å². The van der Waals surface area contributed by atoms with Gasteiger partial charge in [-0.25, -0.2) is 0 Å². The van der Waals surface area contributed by atoms with Crippen LogP contribution in [0.25, 0.3) is 0 Å². The Morgan fingerprint density at radius 2 is 1.78 bits per heavy atom. The summed E-state index contributed by atoms with van der Waals surface area (Å²) in [6.07, 6.45) is 2.11. The average Bonchev–Trinajstić information content (AvgIpc) is 2.38. The monoisotopic (exact) mass is 265 g/mol. The van der Waals surface area contributed by atoms with Crippen LogP contribution in [0.15, 0.2) is 30.3 Å². The maximum atomic E-state index is 12.3. The molecule has 0 N–H and O–H groups in total. The molecular formula is C15H20ClNO. The van der Waals surface area contributed by atoms with Gasteiger partial charge in [0, 0.05) is 13.1 Å². The van der Waals surface area contributed by atoms with Crippen molar-refractivity contribution in [1.29, 1.82) is 0 Å². The first-order valence-electron chi connectivity index (χ1n) is 6.47. The van der Waals surface area contributed by atoms with Crippen LogP contribution in [0.5, 0.6) is 0 Å². The fourth-order valence-electron chi connectivity index (χ4n) is 2.26. The lowest BCUT2D eigenvalue weighted by molar-refractivity contribution is -0.132. The molecule has 0 aliphatic carbocycles. The Balaban J connectivity index is 2.00. The van der Waals surface area contributed by atoms with E-state index in [-0.39, 0.29) is 5.91 Å². The molecule has 98 valence electrons. The Hall–Kier alpha value is -1.02. The molecule has 1 fully saturated rings. The molecule has 1 aromatic rings. The quantitative estimate of drug-likeness (QED) is 0.748. The summed E-state index contributed by atoms with van der Waals surface area (Å²) in [5, 5.41) is -0.549. The highest BCUT2D eigenvalue weighted by molar-refractivity contribution is 6.30. The van der Waals surface area contributed by atoms with Gasteiger partial charge in [0.2, 0.25) is 5.91 Å². The largest absolute Gasteiger partial charge is 0.341 e. The van der Waals surface area contributed by atoms with E-state index >= 15 is 0 Å². The third-order valence-corrected chi connectivity index (χ3v) is 4.18. The molecule has 0 spiro atoms. The number of hydrogen-bond donors (Lipinski definition) is 0. The van der Waals surface area contributed by atoms with Crippen molar-refractivity contribution < 1.29 is 4.79 Å². The average molecular weight is 266 g/mol. The molecule has 0 saturated carbocycles. The summed E-state index contributed by atoms with van der Waals surface area (Å²) in [4.78, 5) is 14.2. The topological polar surface area (TPSA) is 20.3 Å². The van der Waals surface area contributed by atoms with Crippen molar-refractivity contribution in [3.63, 3.8) is 0 Å². The van der Waals surface area contributed by atoms with Crippen molar-refractivity contribution in [1.82, 2.24) is 4.90 Å².